The predicted molar refractivity (Wildman–Crippen MR) is 134 cm³/mol. The molecule has 2 nitrogen and oxygen atoms in total. The van der Waals surface area contributed by atoms with Crippen LogP contribution in [0.15, 0.2) is 91.0 Å². The molecule has 4 rings (SSSR count). The van der Waals surface area contributed by atoms with Crippen LogP contribution in [0.3, 0.4) is 0 Å². The van der Waals surface area contributed by atoms with E-state index in [4.69, 9.17) is 0 Å². The number of hydrogen-bond acceptors (Lipinski definition) is 1. The molecule has 30 heavy (non-hydrogen) atoms. The Hall–Kier alpha value is -1.96. The molecule has 4 heteroatoms. The van der Waals surface area contributed by atoms with Crippen LogP contribution in [0.1, 0.15) is 27.2 Å². The third-order valence-corrected chi connectivity index (χ3v) is 17.1. The van der Waals surface area contributed by atoms with E-state index >= 15 is 0 Å². The number of rotatable bonds is 4. The molecular weight excluding hydrogens is 453 g/mol. The summed E-state index contributed by atoms with van der Waals surface area (Å²) >= 11 is 4.46. The van der Waals surface area contributed by atoms with Crippen LogP contribution in [-0.2, 0) is 4.79 Å². The summed E-state index contributed by atoms with van der Waals surface area (Å²) in [5.41, 5.74) is -0.347. The molecule has 1 atom stereocenters. The van der Waals surface area contributed by atoms with Gasteiger partial charge in [0.1, 0.15) is 0 Å². The summed E-state index contributed by atoms with van der Waals surface area (Å²) in [5.74, 6) is 0.244. The van der Waals surface area contributed by atoms with Crippen molar-refractivity contribution in [2.45, 2.75) is 38.4 Å². The summed E-state index contributed by atoms with van der Waals surface area (Å²) in [6.07, 6.45) is 0.831. The first kappa shape index (κ1) is 21.3. The quantitative estimate of drug-likeness (QED) is 0.467. The second-order valence-electron chi connectivity index (χ2n) is 9.05. The SMILES string of the molecule is CC(C)(C)N1CCC(P(Br)(c2ccccc2)(c2ccccc2)c2ccccc2)C1=O. The molecule has 0 saturated carbocycles. The molecule has 0 radical (unpaired) electrons. The van der Waals surface area contributed by atoms with Gasteiger partial charge in [-0.2, -0.15) is 0 Å². The summed E-state index contributed by atoms with van der Waals surface area (Å²) in [6.45, 7) is 7.17. The minimum atomic E-state index is -3.28. The molecule has 1 amide bonds. The maximum atomic E-state index is 14.1. The fraction of sp³-hybridized carbons (Fsp3) is 0.269. The van der Waals surface area contributed by atoms with Crippen molar-refractivity contribution in [1.29, 1.82) is 0 Å². The van der Waals surface area contributed by atoms with Gasteiger partial charge in [-0.25, -0.2) is 0 Å². The second-order valence-corrected chi connectivity index (χ2v) is 17.8. The van der Waals surface area contributed by atoms with Crippen molar-refractivity contribution in [3.8, 4) is 0 Å². The van der Waals surface area contributed by atoms with Crippen LogP contribution in [0.4, 0.5) is 0 Å². The van der Waals surface area contributed by atoms with E-state index in [1.165, 1.54) is 15.9 Å². The Morgan fingerprint density at radius 3 is 1.43 bits per heavy atom. The Morgan fingerprint density at radius 2 is 1.13 bits per heavy atom. The number of carbonyl (C=O) groups is 1. The van der Waals surface area contributed by atoms with Crippen molar-refractivity contribution < 1.29 is 4.79 Å². The molecule has 1 heterocycles. The van der Waals surface area contributed by atoms with Crippen molar-refractivity contribution in [3.05, 3.63) is 91.0 Å². The van der Waals surface area contributed by atoms with Gasteiger partial charge in [0.2, 0.25) is 0 Å². The van der Waals surface area contributed by atoms with E-state index in [0.29, 0.717) is 0 Å². The van der Waals surface area contributed by atoms with Crippen LogP contribution >= 0.6 is 20.8 Å². The van der Waals surface area contributed by atoms with E-state index in [-0.39, 0.29) is 17.1 Å². The summed E-state index contributed by atoms with van der Waals surface area (Å²) in [6, 6.07) is 31.8. The summed E-state index contributed by atoms with van der Waals surface area (Å²) in [5, 5.41) is 0.334. The van der Waals surface area contributed by atoms with Gasteiger partial charge in [-0.05, 0) is 0 Å². The fourth-order valence-electron chi connectivity index (χ4n) is 4.93. The van der Waals surface area contributed by atoms with E-state index in [1.807, 2.05) is 18.2 Å². The minimum absolute atomic E-state index is 0.151. The van der Waals surface area contributed by atoms with Crippen LogP contribution in [0.5, 0.6) is 0 Å². The molecule has 0 bridgehead atoms. The third kappa shape index (κ3) is 3.06. The number of hydrogen-bond donors (Lipinski definition) is 0. The first-order valence-corrected chi connectivity index (χ1v) is 14.8. The summed E-state index contributed by atoms with van der Waals surface area (Å²) in [7, 11) is 0. The molecule has 3 aromatic carbocycles. The molecular formula is C26H29BrNOP. The number of nitrogens with zero attached hydrogens (tertiary/aromatic N) is 1. The van der Waals surface area contributed by atoms with E-state index in [0.717, 1.165) is 13.0 Å². The first-order chi connectivity index (χ1) is 14.3. The van der Waals surface area contributed by atoms with Gasteiger partial charge in [0.05, 0.1) is 0 Å². The average molecular weight is 482 g/mol. The topological polar surface area (TPSA) is 20.3 Å². The van der Waals surface area contributed by atoms with Crippen molar-refractivity contribution in [2.24, 2.45) is 0 Å². The van der Waals surface area contributed by atoms with Gasteiger partial charge < -0.3 is 0 Å². The predicted octanol–water partition coefficient (Wildman–Crippen LogP) is 5.23. The van der Waals surface area contributed by atoms with Crippen LogP contribution in [0.25, 0.3) is 0 Å². The zero-order valence-electron chi connectivity index (χ0n) is 17.8. The molecule has 0 aliphatic carbocycles. The molecule has 1 unspecified atom stereocenters. The zero-order valence-corrected chi connectivity index (χ0v) is 20.3. The van der Waals surface area contributed by atoms with Crippen molar-refractivity contribution >= 4 is 42.6 Å². The molecule has 0 spiro atoms. The number of halogens is 1. The normalized spacial score (nSPS) is 18.8. The molecule has 156 valence electrons. The van der Waals surface area contributed by atoms with Crippen LogP contribution in [-0.4, -0.2) is 28.5 Å². The van der Waals surface area contributed by atoms with Crippen LogP contribution in [0.2, 0.25) is 0 Å². The molecule has 0 aromatic heterocycles. The number of amides is 1. The Morgan fingerprint density at radius 1 is 0.767 bits per heavy atom. The third-order valence-electron chi connectivity index (χ3n) is 6.36. The molecule has 1 saturated heterocycles. The van der Waals surface area contributed by atoms with E-state index < -0.39 is 5.31 Å². The van der Waals surface area contributed by atoms with Gasteiger partial charge in [-0.15, -0.1) is 0 Å². The van der Waals surface area contributed by atoms with Gasteiger partial charge in [-0.3, -0.25) is 0 Å². The van der Waals surface area contributed by atoms with Gasteiger partial charge in [0, 0.05) is 0 Å². The van der Waals surface area contributed by atoms with Crippen LogP contribution in [0, 0.1) is 0 Å². The Bertz CT molecular complexity index is 931. The molecule has 1 fully saturated rings. The number of benzene rings is 3. The molecule has 3 aromatic rings. The first-order valence-electron chi connectivity index (χ1n) is 10.5. The summed E-state index contributed by atoms with van der Waals surface area (Å²) in [4.78, 5) is 16.1. The Kier molecular flexibility index (Phi) is 5.41. The van der Waals surface area contributed by atoms with E-state index in [1.54, 1.807) is 0 Å². The van der Waals surface area contributed by atoms with Crippen LogP contribution < -0.4 is 15.9 Å². The van der Waals surface area contributed by atoms with E-state index in [9.17, 15) is 4.79 Å². The number of carbonyl (C=O) groups excluding carboxylic acids is 1. The van der Waals surface area contributed by atoms with Crippen molar-refractivity contribution in [2.75, 3.05) is 6.54 Å². The van der Waals surface area contributed by atoms with Crippen molar-refractivity contribution in [1.82, 2.24) is 4.90 Å². The van der Waals surface area contributed by atoms with E-state index in [2.05, 4.69) is 114 Å². The molecule has 1 aliphatic rings. The van der Waals surface area contributed by atoms with Crippen molar-refractivity contribution in [3.63, 3.8) is 0 Å². The standard InChI is InChI=1S/C26H29BrNOP/c1-26(2,3)28-20-19-24(25(28)29)30(27,21-13-7-4-8-14-21,22-15-9-5-10-16-22)23-17-11-6-12-18-23/h4-18,24H,19-20H2,1-3H3. The number of likely N-dealkylation sites (tertiary alicyclic amines) is 1. The second kappa shape index (κ2) is 7.62. The monoisotopic (exact) mass is 481 g/mol. The van der Waals surface area contributed by atoms with Gasteiger partial charge in [0.25, 0.3) is 0 Å². The Balaban J connectivity index is 2.09. The zero-order chi connectivity index (χ0) is 21.4. The molecule has 0 N–H and O–H groups in total. The van der Waals surface area contributed by atoms with Gasteiger partial charge >= 0.3 is 188 Å². The fourth-order valence-corrected chi connectivity index (χ4v) is 13.6. The average Bonchev–Trinajstić information content (AvgIpc) is 3.18. The van der Waals surface area contributed by atoms with Gasteiger partial charge in [0.15, 0.2) is 0 Å². The summed E-state index contributed by atoms with van der Waals surface area (Å²) < 4.78 is 0. The molecule has 1 aliphatic heterocycles. The van der Waals surface area contributed by atoms with Gasteiger partial charge in [-0.1, -0.05) is 0 Å². The Labute approximate surface area is 188 Å². The maximum absolute atomic E-state index is 14.1.